The topological polar surface area (TPSA) is 29.4 Å². The summed E-state index contributed by atoms with van der Waals surface area (Å²) in [6, 6.07) is 0. The number of thioether (sulfide) groups is 1. The Bertz CT molecular complexity index is 128. The molecule has 0 heterocycles. The van der Waals surface area contributed by atoms with E-state index < -0.39 is 11.4 Å². The normalized spacial score (nSPS) is 10.6. The molecule has 0 fully saturated rings. The first kappa shape index (κ1) is 8.52. The van der Waals surface area contributed by atoms with Gasteiger partial charge < -0.3 is 0 Å². The van der Waals surface area contributed by atoms with Gasteiger partial charge in [0.05, 0.1) is 0 Å². The molecular weight excluding hydrogens is 155 g/mol. The molecule has 0 saturated heterocycles. The van der Waals surface area contributed by atoms with Gasteiger partial charge in [0.15, 0.2) is 0 Å². The Labute approximate surface area is 53.1 Å². The zero-order valence-corrected chi connectivity index (χ0v) is 4.92. The minimum atomic E-state index is -4.31. The highest BCUT2D eigenvalue weighted by atomic mass is 32.2. The number of alkyl halides is 3. The van der Waals surface area contributed by atoms with E-state index in [4.69, 9.17) is 0 Å². The molecule has 0 N–H and O–H groups in total. The zero-order valence-electron chi connectivity index (χ0n) is 4.10. The van der Waals surface area contributed by atoms with Crippen LogP contribution in [0.15, 0.2) is 4.99 Å². The van der Waals surface area contributed by atoms with Crippen molar-refractivity contribution >= 4 is 17.8 Å². The molecule has 0 aromatic rings. The Balaban J connectivity index is 3.39. The molecule has 9 heavy (non-hydrogen) atoms. The predicted octanol–water partition coefficient (Wildman–Crippen LogP) is 1.53. The first-order valence-electron chi connectivity index (χ1n) is 1.80. The predicted molar refractivity (Wildman–Crippen MR) is 26.6 cm³/mol. The van der Waals surface area contributed by atoms with Gasteiger partial charge in [0.1, 0.15) is 5.88 Å². The molecule has 52 valence electrons. The van der Waals surface area contributed by atoms with Crippen LogP contribution in [0, 0.1) is 0 Å². The van der Waals surface area contributed by atoms with E-state index in [1.54, 1.807) is 0 Å². The van der Waals surface area contributed by atoms with Gasteiger partial charge in [0.25, 0.3) is 0 Å². The second-order valence-corrected chi connectivity index (χ2v) is 1.98. The molecule has 2 nitrogen and oxygen atoms in total. The summed E-state index contributed by atoms with van der Waals surface area (Å²) in [6.45, 7) is 0. The summed E-state index contributed by atoms with van der Waals surface area (Å²) in [4.78, 5) is 11.9. The van der Waals surface area contributed by atoms with Crippen LogP contribution in [0.25, 0.3) is 0 Å². The van der Waals surface area contributed by atoms with Crippen molar-refractivity contribution in [3.63, 3.8) is 0 Å². The smallest absolute Gasteiger partial charge is 0.211 e. The molecule has 0 atom stereocenters. The van der Waals surface area contributed by atoms with Crippen LogP contribution in [-0.4, -0.2) is 17.5 Å². The summed E-state index contributed by atoms with van der Waals surface area (Å²) < 4.78 is 33.5. The molecule has 0 aliphatic heterocycles. The van der Waals surface area contributed by atoms with Crippen LogP contribution in [0.4, 0.5) is 13.2 Å². The van der Waals surface area contributed by atoms with E-state index in [0.29, 0.717) is 0 Å². The number of carbonyl (C=O) groups excluding carboxylic acids is 1. The van der Waals surface area contributed by atoms with Crippen molar-refractivity contribution in [1.29, 1.82) is 0 Å². The maximum absolute atomic E-state index is 11.2. The van der Waals surface area contributed by atoms with E-state index in [1.165, 1.54) is 0 Å². The third kappa shape index (κ3) is 7.52. The lowest BCUT2D eigenvalue weighted by molar-refractivity contribution is -0.0327. The Morgan fingerprint density at radius 2 is 2.11 bits per heavy atom. The van der Waals surface area contributed by atoms with Gasteiger partial charge in [-0.2, -0.15) is 18.2 Å². The largest absolute Gasteiger partial charge is 0.443 e. The Kier molecular flexibility index (Phi) is 3.34. The van der Waals surface area contributed by atoms with Crippen LogP contribution in [-0.2, 0) is 4.79 Å². The minimum absolute atomic E-state index is 0.371. The molecule has 0 spiro atoms. The molecular formula is C3H2F3NOS. The van der Waals surface area contributed by atoms with E-state index in [-0.39, 0.29) is 11.8 Å². The first-order valence-corrected chi connectivity index (χ1v) is 2.79. The van der Waals surface area contributed by atoms with Crippen LogP contribution in [0.3, 0.4) is 0 Å². The SMILES string of the molecule is O=C=NCSC(F)(F)F. The fourth-order valence-corrected chi connectivity index (χ4v) is 0.395. The van der Waals surface area contributed by atoms with Crippen LogP contribution >= 0.6 is 11.8 Å². The van der Waals surface area contributed by atoms with Crippen LogP contribution < -0.4 is 0 Å². The van der Waals surface area contributed by atoms with Crippen molar-refractivity contribution in [2.45, 2.75) is 5.51 Å². The molecule has 0 aromatic heterocycles. The highest BCUT2D eigenvalue weighted by Crippen LogP contribution is 2.29. The van der Waals surface area contributed by atoms with Crippen molar-refractivity contribution in [3.05, 3.63) is 0 Å². The van der Waals surface area contributed by atoms with Crippen LogP contribution in [0.1, 0.15) is 0 Å². The van der Waals surface area contributed by atoms with E-state index >= 15 is 0 Å². The number of nitrogens with zero attached hydrogens (tertiary/aromatic N) is 1. The van der Waals surface area contributed by atoms with Crippen molar-refractivity contribution in [2.24, 2.45) is 4.99 Å². The first-order chi connectivity index (χ1) is 4.06. The van der Waals surface area contributed by atoms with Gasteiger partial charge in [-0.25, -0.2) is 4.79 Å². The Morgan fingerprint density at radius 1 is 1.56 bits per heavy atom. The molecule has 0 amide bonds. The molecule has 0 bridgehead atoms. The van der Waals surface area contributed by atoms with Gasteiger partial charge in [-0.3, -0.25) is 0 Å². The second kappa shape index (κ2) is 3.53. The highest BCUT2D eigenvalue weighted by Gasteiger charge is 2.27. The van der Waals surface area contributed by atoms with E-state index in [2.05, 4.69) is 4.99 Å². The summed E-state index contributed by atoms with van der Waals surface area (Å²) >= 11 is -0.371. The molecule has 0 rings (SSSR count). The second-order valence-electron chi connectivity index (χ2n) is 0.969. The lowest BCUT2D eigenvalue weighted by atomic mass is 11.4. The number of isocyanates is 1. The van der Waals surface area contributed by atoms with Gasteiger partial charge in [0.2, 0.25) is 6.08 Å². The van der Waals surface area contributed by atoms with Crippen molar-refractivity contribution in [3.8, 4) is 0 Å². The number of hydrogen-bond donors (Lipinski definition) is 0. The zero-order chi connectivity index (χ0) is 7.33. The summed E-state index contributed by atoms with van der Waals surface area (Å²) in [5.41, 5.74) is -4.31. The monoisotopic (exact) mass is 157 g/mol. The van der Waals surface area contributed by atoms with Gasteiger partial charge >= 0.3 is 5.51 Å². The molecule has 0 aromatic carbocycles. The van der Waals surface area contributed by atoms with Crippen molar-refractivity contribution in [2.75, 3.05) is 5.88 Å². The van der Waals surface area contributed by atoms with Crippen molar-refractivity contribution < 1.29 is 18.0 Å². The quantitative estimate of drug-likeness (QED) is 0.449. The molecule has 0 aliphatic carbocycles. The van der Waals surface area contributed by atoms with E-state index in [9.17, 15) is 18.0 Å². The fraction of sp³-hybridized carbons (Fsp3) is 0.667. The average Bonchev–Trinajstić information content (AvgIpc) is 1.63. The average molecular weight is 157 g/mol. The maximum atomic E-state index is 11.2. The highest BCUT2D eigenvalue weighted by molar-refractivity contribution is 8.00. The lowest BCUT2D eigenvalue weighted by Gasteiger charge is -1.99. The van der Waals surface area contributed by atoms with Gasteiger partial charge in [-0.15, -0.1) is 0 Å². The third-order valence-electron chi connectivity index (χ3n) is 0.357. The summed E-state index contributed by atoms with van der Waals surface area (Å²) in [5, 5.41) is 0. The summed E-state index contributed by atoms with van der Waals surface area (Å²) in [7, 11) is 0. The molecule has 0 saturated carbocycles. The Hall–Kier alpha value is -0.480. The van der Waals surface area contributed by atoms with E-state index in [0.717, 1.165) is 6.08 Å². The van der Waals surface area contributed by atoms with Crippen LogP contribution in [0.2, 0.25) is 0 Å². The van der Waals surface area contributed by atoms with Gasteiger partial charge in [0, 0.05) is 0 Å². The summed E-state index contributed by atoms with van der Waals surface area (Å²) in [5.74, 6) is -0.604. The number of rotatable bonds is 2. The van der Waals surface area contributed by atoms with Crippen LogP contribution in [0.5, 0.6) is 0 Å². The fourth-order valence-electron chi connectivity index (χ4n) is 0.132. The number of halogens is 3. The summed E-state index contributed by atoms with van der Waals surface area (Å²) in [6.07, 6.45) is 0.994. The molecule has 0 radical (unpaired) electrons. The number of hydrogen-bond acceptors (Lipinski definition) is 3. The molecule has 0 aliphatic rings. The maximum Gasteiger partial charge on any atom is 0.443 e. The lowest BCUT2D eigenvalue weighted by Crippen LogP contribution is -1.99. The van der Waals surface area contributed by atoms with Gasteiger partial charge in [-0.1, -0.05) is 0 Å². The Morgan fingerprint density at radius 3 is 2.44 bits per heavy atom. The molecule has 0 unspecified atom stereocenters. The molecule has 6 heteroatoms. The van der Waals surface area contributed by atoms with Crippen molar-refractivity contribution in [1.82, 2.24) is 0 Å². The number of aliphatic imine (C=N–C) groups is 1. The third-order valence-corrected chi connectivity index (χ3v) is 0.943. The minimum Gasteiger partial charge on any atom is -0.211 e. The van der Waals surface area contributed by atoms with Gasteiger partial charge in [-0.05, 0) is 11.8 Å². The standard InChI is InChI=1S/C3H2F3NOS/c4-3(5,6)9-2-7-1-8/h2H2. The van der Waals surface area contributed by atoms with E-state index in [1.807, 2.05) is 0 Å².